The molecule has 4 rings (SSSR count). The fraction of sp³-hybridized carbons (Fsp3) is 0.136. The van der Waals surface area contributed by atoms with Crippen molar-refractivity contribution in [1.82, 2.24) is 0 Å². The van der Waals surface area contributed by atoms with Crippen molar-refractivity contribution in [2.24, 2.45) is 0 Å². The molecule has 3 aromatic rings. The number of benzene rings is 2. The van der Waals surface area contributed by atoms with Gasteiger partial charge in [-0.25, -0.2) is 8.42 Å². The van der Waals surface area contributed by atoms with Gasteiger partial charge in [-0.1, -0.05) is 29.8 Å². The molecule has 0 saturated carbocycles. The zero-order valence-electron chi connectivity index (χ0n) is 16.8. The lowest BCUT2D eigenvalue weighted by Gasteiger charge is -2.29. The lowest BCUT2D eigenvalue weighted by molar-refractivity contribution is 0.104. The summed E-state index contributed by atoms with van der Waals surface area (Å²) in [6.45, 7) is 1.99. The van der Waals surface area contributed by atoms with Crippen LogP contribution in [0.15, 0.2) is 65.0 Å². The van der Waals surface area contributed by atoms with Crippen molar-refractivity contribution in [2.45, 2.75) is 13.5 Å². The molecule has 9 heteroatoms. The highest BCUT2D eigenvalue weighted by Gasteiger charge is 2.41. The van der Waals surface area contributed by atoms with Crippen LogP contribution < -0.4 is 14.4 Å². The quantitative estimate of drug-likeness (QED) is 0.514. The van der Waals surface area contributed by atoms with Gasteiger partial charge in [0.2, 0.25) is 5.78 Å². The molecule has 160 valence electrons. The third kappa shape index (κ3) is 4.06. The van der Waals surface area contributed by atoms with Gasteiger partial charge in [0.25, 0.3) is 10.0 Å². The molecule has 2 aromatic carbocycles. The fourth-order valence-electron chi connectivity index (χ4n) is 3.29. The third-order valence-electron chi connectivity index (χ3n) is 4.86. The van der Waals surface area contributed by atoms with Gasteiger partial charge in [0.15, 0.2) is 4.91 Å². The third-order valence-corrected chi connectivity index (χ3v) is 7.78. The Labute approximate surface area is 189 Å². The van der Waals surface area contributed by atoms with E-state index in [-0.39, 0.29) is 11.4 Å². The van der Waals surface area contributed by atoms with E-state index in [0.29, 0.717) is 27.0 Å². The van der Waals surface area contributed by atoms with Gasteiger partial charge in [-0.2, -0.15) is 0 Å². The molecule has 1 N–H and O–H groups in total. The van der Waals surface area contributed by atoms with Crippen molar-refractivity contribution in [2.75, 3.05) is 16.7 Å². The van der Waals surface area contributed by atoms with E-state index in [9.17, 15) is 13.2 Å². The highest BCUT2D eigenvalue weighted by molar-refractivity contribution is 7.97. The van der Waals surface area contributed by atoms with E-state index in [1.807, 2.05) is 19.1 Å². The van der Waals surface area contributed by atoms with Crippen LogP contribution in [0.3, 0.4) is 0 Å². The molecule has 6 nitrogen and oxygen atoms in total. The number of ether oxygens (including phenoxy) is 1. The molecule has 0 atom stereocenters. The molecule has 0 amide bonds. The van der Waals surface area contributed by atoms with Crippen molar-refractivity contribution in [1.29, 1.82) is 0 Å². The summed E-state index contributed by atoms with van der Waals surface area (Å²) in [6, 6.07) is 14.1. The van der Waals surface area contributed by atoms with Crippen LogP contribution in [0, 0.1) is 6.92 Å². The molecule has 0 aliphatic carbocycles. The van der Waals surface area contributed by atoms with Crippen LogP contribution in [0.25, 0.3) is 0 Å². The van der Waals surface area contributed by atoms with E-state index in [0.717, 1.165) is 11.1 Å². The summed E-state index contributed by atoms with van der Waals surface area (Å²) >= 11 is 7.17. The minimum absolute atomic E-state index is 0.0849. The number of Topliss-reactive ketones (excluding diaryl/α,β-unsaturated/α-hetero) is 1. The van der Waals surface area contributed by atoms with Crippen LogP contribution in [0.1, 0.15) is 20.8 Å². The number of hydrogen-bond donors (Lipinski definition) is 1. The van der Waals surface area contributed by atoms with Crippen LogP contribution >= 0.6 is 22.9 Å². The van der Waals surface area contributed by atoms with E-state index in [1.165, 1.54) is 29.0 Å². The van der Waals surface area contributed by atoms with Gasteiger partial charge in [-0.05, 0) is 53.8 Å². The average Bonchev–Trinajstić information content (AvgIpc) is 3.22. The smallest absolute Gasteiger partial charge is 0.270 e. The van der Waals surface area contributed by atoms with E-state index in [4.69, 9.17) is 16.3 Å². The van der Waals surface area contributed by atoms with Gasteiger partial charge < -0.3 is 10.1 Å². The van der Waals surface area contributed by atoms with Crippen molar-refractivity contribution >= 4 is 50.1 Å². The number of thiophene rings is 1. The van der Waals surface area contributed by atoms with E-state index in [2.05, 4.69) is 5.32 Å². The molecule has 0 spiro atoms. The SMILES string of the molecule is COc1ccc(C)cc1NC=C1C(=O)c2sccc2N(Cc2ccc(Cl)cc2)S1(=O)=O. The molecule has 1 aromatic heterocycles. The molecule has 0 bridgehead atoms. The molecule has 31 heavy (non-hydrogen) atoms. The number of hydrogen-bond acceptors (Lipinski definition) is 6. The topological polar surface area (TPSA) is 75.7 Å². The normalized spacial score (nSPS) is 16.3. The number of rotatable bonds is 5. The maximum atomic E-state index is 13.4. The Balaban J connectivity index is 1.75. The number of anilines is 2. The number of aryl methyl sites for hydroxylation is 1. The first-order valence-electron chi connectivity index (χ1n) is 9.32. The second-order valence-electron chi connectivity index (χ2n) is 6.96. The Morgan fingerprint density at radius 1 is 1.16 bits per heavy atom. The summed E-state index contributed by atoms with van der Waals surface area (Å²) < 4.78 is 33.5. The minimum atomic E-state index is -4.09. The predicted octanol–water partition coefficient (Wildman–Crippen LogP) is 5.20. The second kappa shape index (κ2) is 8.37. The Bertz CT molecular complexity index is 1280. The van der Waals surface area contributed by atoms with Gasteiger partial charge in [-0.15, -0.1) is 11.3 Å². The van der Waals surface area contributed by atoms with E-state index in [1.54, 1.807) is 41.8 Å². The Morgan fingerprint density at radius 3 is 2.61 bits per heavy atom. The Hall–Kier alpha value is -2.81. The standard InChI is InChI=1S/C22H19ClN2O4S2/c1-14-3-8-19(29-2)17(11-14)24-12-20-21(26)22-18(9-10-30-22)25(31(20,27)28)13-15-4-6-16(23)7-5-15/h3-12,24H,13H2,1-2H3. The highest BCUT2D eigenvalue weighted by Crippen LogP contribution is 2.39. The summed E-state index contributed by atoms with van der Waals surface area (Å²) in [5.41, 5.74) is 2.67. The number of nitrogens with one attached hydrogen (secondary N) is 1. The maximum Gasteiger partial charge on any atom is 0.270 e. The predicted molar refractivity (Wildman–Crippen MR) is 125 cm³/mol. The highest BCUT2D eigenvalue weighted by atomic mass is 35.5. The van der Waals surface area contributed by atoms with E-state index < -0.39 is 15.8 Å². The molecule has 0 fully saturated rings. The Morgan fingerprint density at radius 2 is 1.90 bits per heavy atom. The molecule has 2 heterocycles. The lowest BCUT2D eigenvalue weighted by Crippen LogP contribution is -2.38. The van der Waals surface area contributed by atoms with Crippen LogP contribution in [-0.2, 0) is 16.6 Å². The van der Waals surface area contributed by atoms with Crippen molar-refractivity contribution in [3.8, 4) is 5.75 Å². The van der Waals surface area contributed by atoms with Gasteiger partial charge in [-0.3, -0.25) is 9.10 Å². The van der Waals surface area contributed by atoms with Crippen LogP contribution in [0.2, 0.25) is 5.02 Å². The first-order chi connectivity index (χ1) is 14.8. The summed E-state index contributed by atoms with van der Waals surface area (Å²) in [6.07, 6.45) is 1.24. The first-order valence-corrected chi connectivity index (χ1v) is 12.0. The molecule has 1 aliphatic heterocycles. The second-order valence-corrected chi connectivity index (χ2v) is 10.1. The maximum absolute atomic E-state index is 13.4. The van der Waals surface area contributed by atoms with Gasteiger partial charge in [0, 0.05) is 11.2 Å². The summed E-state index contributed by atoms with van der Waals surface area (Å²) in [7, 11) is -2.56. The number of carbonyl (C=O) groups is 1. The van der Waals surface area contributed by atoms with Crippen molar-refractivity contribution < 1.29 is 17.9 Å². The number of sulfonamides is 1. The van der Waals surface area contributed by atoms with Crippen molar-refractivity contribution in [3.05, 3.63) is 86.0 Å². The number of nitrogens with zero attached hydrogens (tertiary/aromatic N) is 1. The number of fused-ring (bicyclic) bond motifs is 1. The molecule has 0 radical (unpaired) electrons. The number of carbonyl (C=O) groups excluding carboxylic acids is 1. The largest absolute Gasteiger partial charge is 0.495 e. The number of halogens is 1. The number of methoxy groups -OCH3 is 1. The van der Waals surface area contributed by atoms with Gasteiger partial charge >= 0.3 is 0 Å². The molecule has 0 unspecified atom stereocenters. The average molecular weight is 475 g/mol. The molecule has 0 saturated heterocycles. The molecular formula is C22H19ClN2O4S2. The lowest BCUT2D eigenvalue weighted by atomic mass is 10.2. The fourth-order valence-corrected chi connectivity index (χ4v) is 5.90. The van der Waals surface area contributed by atoms with Gasteiger partial charge in [0.05, 0.1) is 25.0 Å². The zero-order chi connectivity index (χ0) is 22.2. The number of ketones is 1. The molecule has 1 aliphatic rings. The van der Waals surface area contributed by atoms with E-state index >= 15 is 0 Å². The zero-order valence-corrected chi connectivity index (χ0v) is 19.1. The number of allylic oxidation sites excluding steroid dienone is 1. The van der Waals surface area contributed by atoms with Crippen LogP contribution in [0.5, 0.6) is 5.75 Å². The minimum Gasteiger partial charge on any atom is -0.495 e. The van der Waals surface area contributed by atoms with Crippen molar-refractivity contribution in [3.63, 3.8) is 0 Å². The summed E-state index contributed by atoms with van der Waals surface area (Å²) in [5.74, 6) is 0.00872. The Kier molecular flexibility index (Phi) is 5.79. The first kappa shape index (κ1) is 21.4. The van der Waals surface area contributed by atoms with Gasteiger partial charge in [0.1, 0.15) is 10.6 Å². The molecular weight excluding hydrogens is 456 g/mol. The van der Waals surface area contributed by atoms with Crippen LogP contribution in [-0.4, -0.2) is 21.3 Å². The summed E-state index contributed by atoms with van der Waals surface area (Å²) in [5, 5.41) is 5.23. The van der Waals surface area contributed by atoms with Crippen LogP contribution in [0.4, 0.5) is 11.4 Å². The monoisotopic (exact) mass is 474 g/mol. The summed E-state index contributed by atoms with van der Waals surface area (Å²) in [4.78, 5) is 13.1.